The van der Waals surface area contributed by atoms with Crippen molar-refractivity contribution < 1.29 is 9.90 Å². The molecule has 0 fully saturated rings. The van der Waals surface area contributed by atoms with Crippen molar-refractivity contribution in [3.05, 3.63) is 66.2 Å². The van der Waals surface area contributed by atoms with Crippen molar-refractivity contribution in [2.24, 2.45) is 0 Å². The third-order valence-electron chi connectivity index (χ3n) is 5.48. The van der Waals surface area contributed by atoms with Crippen LogP contribution in [-0.2, 0) is 0 Å². The second-order valence-corrected chi connectivity index (χ2v) is 7.48. The maximum atomic E-state index is 13.4. The van der Waals surface area contributed by atoms with Gasteiger partial charge in [-0.3, -0.25) is 9.69 Å². The SMILES string of the molecule is Cc1cccc2c1C(=O)N(c1cccc(O)c1)CN2C(C)Nc1ncnc2[nH]cnc12. The molecule has 2 aromatic heterocycles. The molecule has 9 nitrogen and oxygen atoms in total. The highest BCUT2D eigenvalue weighted by Crippen LogP contribution is 2.34. The van der Waals surface area contributed by atoms with Crippen LogP contribution in [0.1, 0.15) is 22.8 Å². The monoisotopic (exact) mass is 415 g/mol. The Labute approximate surface area is 178 Å². The summed E-state index contributed by atoms with van der Waals surface area (Å²) in [6.45, 7) is 4.24. The number of nitrogens with one attached hydrogen (secondary N) is 2. The molecule has 1 unspecified atom stereocenters. The lowest BCUT2D eigenvalue weighted by Crippen LogP contribution is -2.52. The zero-order chi connectivity index (χ0) is 21.5. The van der Waals surface area contributed by atoms with Gasteiger partial charge in [-0.05, 0) is 37.6 Å². The summed E-state index contributed by atoms with van der Waals surface area (Å²) in [5, 5.41) is 13.3. The fourth-order valence-corrected chi connectivity index (χ4v) is 3.93. The minimum absolute atomic E-state index is 0.0983. The van der Waals surface area contributed by atoms with E-state index < -0.39 is 0 Å². The fourth-order valence-electron chi connectivity index (χ4n) is 3.93. The Kier molecular flexibility index (Phi) is 4.43. The molecule has 3 heterocycles. The molecule has 0 saturated heterocycles. The topological polar surface area (TPSA) is 110 Å². The Balaban J connectivity index is 1.55. The smallest absolute Gasteiger partial charge is 0.262 e. The van der Waals surface area contributed by atoms with E-state index in [1.165, 1.54) is 6.33 Å². The minimum atomic E-state index is -0.219. The van der Waals surface area contributed by atoms with Gasteiger partial charge in [0.25, 0.3) is 5.91 Å². The molecule has 3 N–H and O–H groups in total. The molecule has 1 atom stereocenters. The molecular formula is C22H21N7O2. The van der Waals surface area contributed by atoms with Gasteiger partial charge in [-0.25, -0.2) is 15.0 Å². The molecule has 4 aromatic rings. The van der Waals surface area contributed by atoms with Crippen LogP contribution in [0.25, 0.3) is 11.2 Å². The van der Waals surface area contributed by atoms with Gasteiger partial charge >= 0.3 is 0 Å². The highest BCUT2D eigenvalue weighted by molar-refractivity contribution is 6.12. The van der Waals surface area contributed by atoms with Gasteiger partial charge in [0.15, 0.2) is 11.5 Å². The number of anilines is 3. The fraction of sp³-hybridized carbons (Fsp3) is 0.182. The van der Waals surface area contributed by atoms with Crippen LogP contribution in [0.3, 0.4) is 0 Å². The second-order valence-electron chi connectivity index (χ2n) is 7.48. The summed E-state index contributed by atoms with van der Waals surface area (Å²) < 4.78 is 0. The van der Waals surface area contributed by atoms with Crippen molar-refractivity contribution >= 4 is 34.3 Å². The van der Waals surface area contributed by atoms with Crippen molar-refractivity contribution in [3.8, 4) is 5.75 Å². The van der Waals surface area contributed by atoms with Crippen LogP contribution in [0, 0.1) is 6.92 Å². The number of phenols is 1. The van der Waals surface area contributed by atoms with Crippen LogP contribution in [0.2, 0.25) is 0 Å². The second kappa shape index (κ2) is 7.28. The number of H-pyrrole nitrogens is 1. The van der Waals surface area contributed by atoms with E-state index in [0.717, 1.165) is 11.3 Å². The number of benzene rings is 2. The standard InChI is InChI=1S/C22H21N7O2/c1-13-5-3-8-17-18(13)22(31)29(15-6-4-7-16(30)9-15)12-28(17)14(2)27-21-19-20(24-10-23-19)25-11-26-21/h3-11,14,30H,12H2,1-2H3,(H2,23,24,25,26,27). The zero-order valence-corrected chi connectivity index (χ0v) is 17.1. The van der Waals surface area contributed by atoms with Crippen LogP contribution < -0.4 is 15.1 Å². The highest BCUT2D eigenvalue weighted by atomic mass is 16.3. The molecule has 0 saturated carbocycles. The third kappa shape index (κ3) is 3.20. The summed E-state index contributed by atoms with van der Waals surface area (Å²) in [5.74, 6) is 0.619. The number of nitrogens with zero attached hydrogens (tertiary/aromatic N) is 5. The van der Waals surface area contributed by atoms with Crippen molar-refractivity contribution in [1.82, 2.24) is 19.9 Å². The molecular weight excluding hydrogens is 394 g/mol. The molecule has 0 spiro atoms. The number of fused-ring (bicyclic) bond motifs is 2. The van der Waals surface area contributed by atoms with Gasteiger partial charge in [0.05, 0.1) is 23.7 Å². The number of aromatic nitrogens is 4. The number of hydrogen-bond donors (Lipinski definition) is 3. The number of imidazole rings is 1. The van der Waals surface area contributed by atoms with Crippen molar-refractivity contribution in [2.75, 3.05) is 21.8 Å². The van der Waals surface area contributed by atoms with E-state index in [4.69, 9.17) is 0 Å². The number of rotatable bonds is 4. The van der Waals surface area contributed by atoms with Crippen LogP contribution >= 0.6 is 0 Å². The first-order chi connectivity index (χ1) is 15.0. The Morgan fingerprint density at radius 1 is 1.16 bits per heavy atom. The first kappa shape index (κ1) is 18.9. The quantitative estimate of drug-likeness (QED) is 0.469. The van der Waals surface area contributed by atoms with Crippen LogP contribution in [0.5, 0.6) is 5.75 Å². The van der Waals surface area contributed by atoms with E-state index in [2.05, 4.69) is 30.2 Å². The van der Waals surface area contributed by atoms with Crippen molar-refractivity contribution in [1.29, 1.82) is 0 Å². The van der Waals surface area contributed by atoms with E-state index in [1.54, 1.807) is 29.4 Å². The predicted molar refractivity (Wildman–Crippen MR) is 118 cm³/mol. The Morgan fingerprint density at radius 2 is 2.00 bits per heavy atom. The summed E-state index contributed by atoms with van der Waals surface area (Å²) >= 11 is 0. The van der Waals surface area contributed by atoms with Gasteiger partial charge < -0.3 is 20.3 Å². The lowest BCUT2D eigenvalue weighted by molar-refractivity contribution is 0.0981. The van der Waals surface area contributed by atoms with Crippen molar-refractivity contribution in [2.45, 2.75) is 20.0 Å². The Bertz CT molecular complexity index is 1290. The van der Waals surface area contributed by atoms with Crippen LogP contribution in [-0.4, -0.2) is 43.8 Å². The van der Waals surface area contributed by atoms with Gasteiger partial charge in [0.2, 0.25) is 0 Å². The minimum Gasteiger partial charge on any atom is -0.508 e. The van der Waals surface area contributed by atoms with E-state index in [0.29, 0.717) is 34.9 Å². The number of phenolic OH excluding ortho intramolecular Hbond substituents is 1. The maximum absolute atomic E-state index is 13.4. The molecule has 0 aliphatic carbocycles. The van der Waals surface area contributed by atoms with Crippen LogP contribution in [0.15, 0.2) is 55.1 Å². The zero-order valence-electron chi connectivity index (χ0n) is 17.1. The number of aromatic hydroxyl groups is 1. The summed E-state index contributed by atoms with van der Waals surface area (Å²) in [6, 6.07) is 12.5. The predicted octanol–water partition coefficient (Wildman–Crippen LogP) is 3.25. The first-order valence-electron chi connectivity index (χ1n) is 9.90. The largest absolute Gasteiger partial charge is 0.508 e. The summed E-state index contributed by atoms with van der Waals surface area (Å²) in [4.78, 5) is 32.9. The molecule has 31 heavy (non-hydrogen) atoms. The maximum Gasteiger partial charge on any atom is 0.262 e. The number of amides is 1. The molecule has 0 radical (unpaired) electrons. The molecule has 0 bridgehead atoms. The van der Waals surface area contributed by atoms with Gasteiger partial charge in [-0.2, -0.15) is 0 Å². The van der Waals surface area contributed by atoms with Gasteiger partial charge in [-0.15, -0.1) is 0 Å². The molecule has 1 aliphatic heterocycles. The molecule has 2 aromatic carbocycles. The third-order valence-corrected chi connectivity index (χ3v) is 5.48. The summed E-state index contributed by atoms with van der Waals surface area (Å²) in [5.41, 5.74) is 4.30. The summed E-state index contributed by atoms with van der Waals surface area (Å²) in [7, 11) is 0. The lowest BCUT2D eigenvalue weighted by Gasteiger charge is -2.42. The van der Waals surface area contributed by atoms with E-state index in [-0.39, 0.29) is 17.8 Å². The first-order valence-corrected chi connectivity index (χ1v) is 9.90. The number of aromatic amines is 1. The number of carbonyl (C=O) groups is 1. The molecule has 156 valence electrons. The normalized spacial score (nSPS) is 14.6. The van der Waals surface area contributed by atoms with E-state index in [9.17, 15) is 9.90 Å². The molecule has 1 aliphatic rings. The number of carbonyl (C=O) groups excluding carboxylic acids is 1. The van der Waals surface area contributed by atoms with E-state index >= 15 is 0 Å². The average Bonchev–Trinajstić information content (AvgIpc) is 3.24. The number of aryl methyl sites for hydroxylation is 1. The van der Waals surface area contributed by atoms with E-state index in [1.807, 2.05) is 38.1 Å². The van der Waals surface area contributed by atoms with Crippen molar-refractivity contribution in [3.63, 3.8) is 0 Å². The summed E-state index contributed by atoms with van der Waals surface area (Å²) in [6.07, 6.45) is 2.84. The van der Waals surface area contributed by atoms with Crippen LogP contribution in [0.4, 0.5) is 17.2 Å². The molecule has 9 heteroatoms. The average molecular weight is 415 g/mol. The highest BCUT2D eigenvalue weighted by Gasteiger charge is 2.34. The lowest BCUT2D eigenvalue weighted by atomic mass is 10.0. The molecule has 1 amide bonds. The Morgan fingerprint density at radius 3 is 2.84 bits per heavy atom. The van der Waals surface area contributed by atoms with Gasteiger partial charge in [-0.1, -0.05) is 18.2 Å². The van der Waals surface area contributed by atoms with Gasteiger partial charge in [0.1, 0.15) is 24.3 Å². The van der Waals surface area contributed by atoms with Gasteiger partial charge in [0, 0.05) is 11.8 Å². The number of hydrogen-bond acceptors (Lipinski definition) is 7. The Hall–Kier alpha value is -4.14. The molecule has 5 rings (SSSR count).